The van der Waals surface area contributed by atoms with Gasteiger partial charge in [-0.2, -0.15) is 0 Å². The van der Waals surface area contributed by atoms with Gasteiger partial charge in [-0.05, 0) is 44.2 Å². The van der Waals surface area contributed by atoms with Gasteiger partial charge in [0.05, 0.1) is 24.3 Å². The number of carbonyl (C=O) groups is 1. The van der Waals surface area contributed by atoms with Gasteiger partial charge in [0.15, 0.2) is 0 Å². The summed E-state index contributed by atoms with van der Waals surface area (Å²) < 4.78 is 18.8. The minimum absolute atomic E-state index is 0.182. The molecule has 2 heterocycles. The maximum Gasteiger partial charge on any atom is 0.252 e. The zero-order chi connectivity index (χ0) is 16.9. The van der Waals surface area contributed by atoms with Crippen LogP contribution in [0.3, 0.4) is 0 Å². The monoisotopic (exact) mass is 331 g/mol. The van der Waals surface area contributed by atoms with Crippen LogP contribution in [0.2, 0.25) is 0 Å². The molecule has 2 aromatic rings. The minimum Gasteiger partial charge on any atom is -0.379 e. The molecule has 1 amide bonds. The molecular formula is C18H22FN3O2. The number of amides is 1. The van der Waals surface area contributed by atoms with E-state index in [4.69, 9.17) is 4.74 Å². The molecule has 1 saturated heterocycles. The summed E-state index contributed by atoms with van der Waals surface area (Å²) in [5.41, 5.74) is 1.85. The van der Waals surface area contributed by atoms with E-state index >= 15 is 0 Å². The van der Waals surface area contributed by atoms with Crippen molar-refractivity contribution in [3.63, 3.8) is 0 Å². The zero-order valence-corrected chi connectivity index (χ0v) is 13.8. The van der Waals surface area contributed by atoms with Crippen LogP contribution in [0.5, 0.6) is 0 Å². The fourth-order valence-corrected chi connectivity index (χ4v) is 2.94. The van der Waals surface area contributed by atoms with Gasteiger partial charge in [-0.1, -0.05) is 0 Å². The highest BCUT2D eigenvalue weighted by Gasteiger charge is 2.13. The SMILES string of the molecule is Cc1cc(C(=O)NCCCN2CCOCC2)c2cc(F)ccc2n1. The molecule has 0 aliphatic carbocycles. The Morgan fingerprint density at radius 3 is 2.92 bits per heavy atom. The summed E-state index contributed by atoms with van der Waals surface area (Å²) in [7, 11) is 0. The molecular weight excluding hydrogens is 309 g/mol. The molecule has 1 fully saturated rings. The number of carbonyl (C=O) groups excluding carboxylic acids is 1. The number of hydrogen-bond acceptors (Lipinski definition) is 4. The molecule has 1 aromatic heterocycles. The minimum atomic E-state index is -0.366. The summed E-state index contributed by atoms with van der Waals surface area (Å²) in [6.45, 7) is 6.81. The Kier molecular flexibility index (Phi) is 5.37. The number of aromatic nitrogens is 1. The van der Waals surface area contributed by atoms with Gasteiger partial charge in [0, 0.05) is 30.7 Å². The zero-order valence-electron chi connectivity index (χ0n) is 13.8. The first kappa shape index (κ1) is 16.8. The van der Waals surface area contributed by atoms with Gasteiger partial charge in [-0.15, -0.1) is 0 Å². The third-order valence-electron chi connectivity index (χ3n) is 4.18. The Morgan fingerprint density at radius 2 is 2.12 bits per heavy atom. The number of hydrogen-bond donors (Lipinski definition) is 1. The Morgan fingerprint density at radius 1 is 1.33 bits per heavy atom. The summed E-state index contributed by atoms with van der Waals surface area (Å²) in [5.74, 6) is -0.549. The molecule has 0 radical (unpaired) electrons. The Hall–Kier alpha value is -2.05. The lowest BCUT2D eigenvalue weighted by Crippen LogP contribution is -2.38. The largest absolute Gasteiger partial charge is 0.379 e. The Balaban J connectivity index is 1.62. The molecule has 1 aliphatic heterocycles. The lowest BCUT2D eigenvalue weighted by Gasteiger charge is -2.26. The molecule has 6 heteroatoms. The number of benzene rings is 1. The van der Waals surface area contributed by atoms with Crippen molar-refractivity contribution < 1.29 is 13.9 Å². The molecule has 1 aromatic carbocycles. The second kappa shape index (κ2) is 7.68. The average molecular weight is 331 g/mol. The van der Waals surface area contributed by atoms with Gasteiger partial charge >= 0.3 is 0 Å². The number of fused-ring (bicyclic) bond motifs is 1. The van der Waals surface area contributed by atoms with E-state index in [1.807, 2.05) is 6.92 Å². The summed E-state index contributed by atoms with van der Waals surface area (Å²) in [6.07, 6.45) is 0.877. The number of rotatable bonds is 5. The third-order valence-corrected chi connectivity index (χ3v) is 4.18. The van der Waals surface area contributed by atoms with Crippen molar-refractivity contribution >= 4 is 16.8 Å². The number of nitrogens with zero attached hydrogens (tertiary/aromatic N) is 2. The van der Waals surface area contributed by atoms with Gasteiger partial charge in [0.25, 0.3) is 5.91 Å². The fourth-order valence-electron chi connectivity index (χ4n) is 2.94. The fraction of sp³-hybridized carbons (Fsp3) is 0.444. The predicted molar refractivity (Wildman–Crippen MR) is 90.6 cm³/mol. The Bertz CT molecular complexity index is 730. The second-order valence-corrected chi connectivity index (χ2v) is 6.04. The summed E-state index contributed by atoms with van der Waals surface area (Å²) in [4.78, 5) is 19.2. The number of nitrogens with one attached hydrogen (secondary N) is 1. The van der Waals surface area contributed by atoms with E-state index in [0.717, 1.165) is 45.0 Å². The van der Waals surface area contributed by atoms with Crippen LogP contribution in [0.4, 0.5) is 4.39 Å². The lowest BCUT2D eigenvalue weighted by atomic mass is 10.1. The van der Waals surface area contributed by atoms with Crippen LogP contribution in [-0.2, 0) is 4.74 Å². The highest BCUT2D eigenvalue weighted by molar-refractivity contribution is 6.06. The van der Waals surface area contributed by atoms with E-state index in [9.17, 15) is 9.18 Å². The van der Waals surface area contributed by atoms with Crippen molar-refractivity contribution in [3.05, 3.63) is 41.3 Å². The van der Waals surface area contributed by atoms with Crippen LogP contribution < -0.4 is 5.32 Å². The van der Waals surface area contributed by atoms with Crippen molar-refractivity contribution in [2.24, 2.45) is 0 Å². The lowest BCUT2D eigenvalue weighted by molar-refractivity contribution is 0.0374. The maximum absolute atomic E-state index is 13.5. The molecule has 5 nitrogen and oxygen atoms in total. The van der Waals surface area contributed by atoms with Gasteiger partial charge in [-0.25, -0.2) is 4.39 Å². The van der Waals surface area contributed by atoms with Crippen LogP contribution in [0.25, 0.3) is 10.9 Å². The van der Waals surface area contributed by atoms with E-state index in [0.29, 0.717) is 23.0 Å². The Labute approximate surface area is 140 Å². The van der Waals surface area contributed by atoms with Crippen molar-refractivity contribution in [2.45, 2.75) is 13.3 Å². The topological polar surface area (TPSA) is 54.5 Å². The predicted octanol–water partition coefficient (Wildman–Crippen LogP) is 2.13. The third kappa shape index (κ3) is 4.07. The standard InChI is InChI=1S/C18H22FN3O2/c1-13-11-16(15-12-14(19)3-4-17(15)21-13)18(23)20-5-2-6-22-7-9-24-10-8-22/h3-4,11-12H,2,5-10H2,1H3,(H,20,23). The number of ether oxygens (including phenoxy) is 1. The molecule has 0 saturated carbocycles. The van der Waals surface area contributed by atoms with Crippen LogP contribution in [0.15, 0.2) is 24.3 Å². The van der Waals surface area contributed by atoms with Gasteiger partial charge < -0.3 is 10.1 Å². The molecule has 3 rings (SSSR count). The van der Waals surface area contributed by atoms with E-state index in [-0.39, 0.29) is 11.7 Å². The number of pyridine rings is 1. The smallest absolute Gasteiger partial charge is 0.252 e. The van der Waals surface area contributed by atoms with Crippen LogP contribution in [-0.4, -0.2) is 55.2 Å². The highest BCUT2D eigenvalue weighted by Crippen LogP contribution is 2.19. The molecule has 1 N–H and O–H groups in total. The highest BCUT2D eigenvalue weighted by atomic mass is 19.1. The normalized spacial score (nSPS) is 15.6. The quantitative estimate of drug-likeness (QED) is 0.853. The summed E-state index contributed by atoms with van der Waals surface area (Å²) in [5, 5.41) is 3.48. The van der Waals surface area contributed by atoms with Crippen molar-refractivity contribution in [2.75, 3.05) is 39.4 Å². The van der Waals surface area contributed by atoms with Gasteiger partial charge in [0.1, 0.15) is 5.82 Å². The second-order valence-electron chi connectivity index (χ2n) is 6.04. The summed E-state index contributed by atoms with van der Waals surface area (Å²) in [6, 6.07) is 6.04. The molecule has 128 valence electrons. The molecule has 0 unspecified atom stereocenters. The first-order valence-corrected chi connectivity index (χ1v) is 8.29. The number of halogens is 1. The van der Waals surface area contributed by atoms with Crippen molar-refractivity contribution in [1.29, 1.82) is 0 Å². The maximum atomic E-state index is 13.5. The number of morpholine rings is 1. The van der Waals surface area contributed by atoms with Crippen LogP contribution >= 0.6 is 0 Å². The summed E-state index contributed by atoms with van der Waals surface area (Å²) >= 11 is 0. The molecule has 24 heavy (non-hydrogen) atoms. The number of aryl methyl sites for hydroxylation is 1. The van der Waals surface area contributed by atoms with E-state index in [1.165, 1.54) is 12.1 Å². The first-order chi connectivity index (χ1) is 11.6. The molecule has 0 atom stereocenters. The van der Waals surface area contributed by atoms with Crippen molar-refractivity contribution in [3.8, 4) is 0 Å². The van der Waals surface area contributed by atoms with Crippen LogP contribution in [0.1, 0.15) is 22.5 Å². The molecule has 1 aliphatic rings. The van der Waals surface area contributed by atoms with E-state index < -0.39 is 0 Å². The average Bonchev–Trinajstić information content (AvgIpc) is 2.59. The van der Waals surface area contributed by atoms with Gasteiger partial charge in [0.2, 0.25) is 0 Å². The van der Waals surface area contributed by atoms with Crippen molar-refractivity contribution in [1.82, 2.24) is 15.2 Å². The first-order valence-electron chi connectivity index (χ1n) is 8.29. The van der Waals surface area contributed by atoms with E-state index in [1.54, 1.807) is 12.1 Å². The van der Waals surface area contributed by atoms with Gasteiger partial charge in [-0.3, -0.25) is 14.7 Å². The molecule has 0 bridgehead atoms. The molecule has 0 spiro atoms. The van der Waals surface area contributed by atoms with Crippen LogP contribution in [0, 0.1) is 12.7 Å². The van der Waals surface area contributed by atoms with E-state index in [2.05, 4.69) is 15.2 Å².